The number of rotatable bonds is 0. The second-order valence-electron chi connectivity index (χ2n) is 4.23. The van der Waals surface area contributed by atoms with Crippen LogP contribution in [0.3, 0.4) is 0 Å². The number of amides is 1. The Morgan fingerprint density at radius 2 is 2.29 bits per heavy atom. The Hall–Kier alpha value is -2.04. The van der Waals surface area contributed by atoms with E-state index in [2.05, 4.69) is 4.98 Å². The molecule has 0 fully saturated rings. The van der Waals surface area contributed by atoms with Gasteiger partial charge in [0.05, 0.1) is 6.54 Å². The quantitative estimate of drug-likeness (QED) is 0.735. The van der Waals surface area contributed by atoms with Crippen LogP contribution in [-0.4, -0.2) is 27.6 Å². The molecule has 4 nitrogen and oxygen atoms in total. The summed E-state index contributed by atoms with van der Waals surface area (Å²) < 4.78 is 13.1. The Kier molecular flexibility index (Phi) is 2.07. The molecule has 0 aliphatic carbocycles. The maximum absolute atomic E-state index is 13.1. The van der Waals surface area contributed by atoms with Crippen LogP contribution < -0.4 is 0 Å². The van der Waals surface area contributed by atoms with Crippen molar-refractivity contribution in [1.82, 2.24) is 9.88 Å². The zero-order valence-corrected chi connectivity index (χ0v) is 9.03. The van der Waals surface area contributed by atoms with Gasteiger partial charge in [-0.2, -0.15) is 0 Å². The smallest absolute Gasteiger partial charge is 0.407 e. The van der Waals surface area contributed by atoms with E-state index < -0.39 is 6.09 Å². The van der Waals surface area contributed by atoms with Crippen LogP contribution in [0.1, 0.15) is 11.3 Å². The molecule has 17 heavy (non-hydrogen) atoms. The van der Waals surface area contributed by atoms with Gasteiger partial charge >= 0.3 is 6.09 Å². The van der Waals surface area contributed by atoms with Gasteiger partial charge in [-0.25, -0.2) is 9.18 Å². The third kappa shape index (κ3) is 1.54. The lowest BCUT2D eigenvalue weighted by Gasteiger charge is -2.24. The maximum Gasteiger partial charge on any atom is 0.407 e. The van der Waals surface area contributed by atoms with Crippen molar-refractivity contribution >= 4 is 17.0 Å². The van der Waals surface area contributed by atoms with Crippen molar-refractivity contribution in [3.05, 3.63) is 35.3 Å². The number of hydrogen-bond donors (Lipinski definition) is 2. The molecule has 0 saturated heterocycles. The Morgan fingerprint density at radius 3 is 3.06 bits per heavy atom. The number of nitrogens with zero attached hydrogens (tertiary/aromatic N) is 1. The summed E-state index contributed by atoms with van der Waals surface area (Å²) in [5.41, 5.74) is 2.72. The second-order valence-corrected chi connectivity index (χ2v) is 4.23. The normalized spacial score (nSPS) is 15.0. The van der Waals surface area contributed by atoms with E-state index in [1.807, 2.05) is 0 Å². The monoisotopic (exact) mass is 234 g/mol. The SMILES string of the molecule is O=C(O)N1CCc2[nH]c3cc(F)ccc3c2C1. The van der Waals surface area contributed by atoms with Crippen LogP contribution >= 0.6 is 0 Å². The molecule has 3 rings (SSSR count). The third-order valence-corrected chi connectivity index (χ3v) is 3.21. The van der Waals surface area contributed by atoms with E-state index in [1.165, 1.54) is 17.0 Å². The average molecular weight is 234 g/mol. The maximum atomic E-state index is 13.1. The molecule has 1 amide bonds. The second kappa shape index (κ2) is 3.48. The zero-order valence-electron chi connectivity index (χ0n) is 9.03. The first-order valence-electron chi connectivity index (χ1n) is 5.42. The van der Waals surface area contributed by atoms with Crippen LogP contribution in [0.5, 0.6) is 0 Å². The van der Waals surface area contributed by atoms with Gasteiger partial charge in [0.15, 0.2) is 0 Å². The number of hydrogen-bond acceptors (Lipinski definition) is 1. The molecule has 1 aliphatic heterocycles. The minimum Gasteiger partial charge on any atom is -0.465 e. The van der Waals surface area contributed by atoms with E-state index in [4.69, 9.17) is 5.11 Å². The Bertz CT molecular complexity index is 606. The highest BCUT2D eigenvalue weighted by Gasteiger charge is 2.23. The summed E-state index contributed by atoms with van der Waals surface area (Å²) in [5, 5.41) is 9.88. The number of fused-ring (bicyclic) bond motifs is 3. The molecule has 0 unspecified atom stereocenters. The molecule has 1 aliphatic rings. The highest BCUT2D eigenvalue weighted by molar-refractivity contribution is 5.85. The van der Waals surface area contributed by atoms with E-state index in [-0.39, 0.29) is 5.82 Å². The molecule has 0 bridgehead atoms. The third-order valence-electron chi connectivity index (χ3n) is 3.21. The Balaban J connectivity index is 2.12. The predicted octanol–water partition coefficient (Wildman–Crippen LogP) is 2.34. The summed E-state index contributed by atoms with van der Waals surface area (Å²) >= 11 is 0. The number of aromatic nitrogens is 1. The molecule has 0 spiro atoms. The van der Waals surface area contributed by atoms with Crippen molar-refractivity contribution < 1.29 is 14.3 Å². The summed E-state index contributed by atoms with van der Waals surface area (Å²) in [6.07, 6.45) is -0.259. The summed E-state index contributed by atoms with van der Waals surface area (Å²) in [5.74, 6) is -0.286. The molecule has 0 saturated carbocycles. The molecule has 1 aromatic heterocycles. The lowest BCUT2D eigenvalue weighted by molar-refractivity contribution is 0.140. The fourth-order valence-electron chi connectivity index (χ4n) is 2.36. The number of nitrogens with one attached hydrogen (secondary N) is 1. The molecule has 5 heteroatoms. The first-order chi connectivity index (χ1) is 8.15. The summed E-state index contributed by atoms with van der Waals surface area (Å²) in [6, 6.07) is 4.54. The first kappa shape index (κ1) is 10.1. The van der Waals surface area contributed by atoms with Crippen molar-refractivity contribution in [2.75, 3.05) is 6.54 Å². The van der Waals surface area contributed by atoms with Gasteiger partial charge in [0.2, 0.25) is 0 Å². The van der Waals surface area contributed by atoms with Crippen LogP contribution in [0.2, 0.25) is 0 Å². The van der Waals surface area contributed by atoms with E-state index in [0.29, 0.717) is 19.5 Å². The number of aromatic amines is 1. The molecule has 2 heterocycles. The number of H-pyrrole nitrogens is 1. The largest absolute Gasteiger partial charge is 0.465 e. The van der Waals surface area contributed by atoms with Gasteiger partial charge in [-0.1, -0.05) is 0 Å². The van der Waals surface area contributed by atoms with E-state index in [9.17, 15) is 9.18 Å². The van der Waals surface area contributed by atoms with Gasteiger partial charge in [0.1, 0.15) is 5.82 Å². The highest BCUT2D eigenvalue weighted by Crippen LogP contribution is 2.28. The van der Waals surface area contributed by atoms with Crippen LogP contribution in [-0.2, 0) is 13.0 Å². The summed E-state index contributed by atoms with van der Waals surface area (Å²) in [7, 11) is 0. The van der Waals surface area contributed by atoms with Crippen molar-refractivity contribution in [1.29, 1.82) is 0 Å². The molecular weight excluding hydrogens is 223 g/mol. The van der Waals surface area contributed by atoms with Gasteiger partial charge in [-0.3, -0.25) is 0 Å². The highest BCUT2D eigenvalue weighted by atomic mass is 19.1. The molecule has 2 aromatic rings. The van der Waals surface area contributed by atoms with Gasteiger partial charge in [-0.05, 0) is 18.2 Å². The van der Waals surface area contributed by atoms with Crippen molar-refractivity contribution in [3.63, 3.8) is 0 Å². The van der Waals surface area contributed by atoms with Gasteiger partial charge < -0.3 is 15.0 Å². The van der Waals surface area contributed by atoms with Crippen LogP contribution in [0.15, 0.2) is 18.2 Å². The Labute approximate surface area is 96.7 Å². The minimum atomic E-state index is -0.910. The van der Waals surface area contributed by atoms with Crippen molar-refractivity contribution in [2.45, 2.75) is 13.0 Å². The fourth-order valence-corrected chi connectivity index (χ4v) is 2.36. The van der Waals surface area contributed by atoms with Crippen molar-refractivity contribution in [3.8, 4) is 0 Å². The number of carbonyl (C=O) groups is 1. The summed E-state index contributed by atoms with van der Waals surface area (Å²) in [4.78, 5) is 15.5. The van der Waals surface area contributed by atoms with E-state index in [1.54, 1.807) is 6.07 Å². The van der Waals surface area contributed by atoms with E-state index in [0.717, 1.165) is 22.2 Å². The standard InChI is InChI=1S/C12H11FN2O2/c13-7-1-2-8-9-6-15(12(16)17)4-3-10(9)14-11(8)5-7/h1-2,5,14H,3-4,6H2,(H,16,17). The number of benzene rings is 1. The van der Waals surface area contributed by atoms with Crippen LogP contribution in [0.4, 0.5) is 9.18 Å². The van der Waals surface area contributed by atoms with Gasteiger partial charge in [0.25, 0.3) is 0 Å². The first-order valence-corrected chi connectivity index (χ1v) is 5.42. The number of halogens is 1. The molecular formula is C12H11FN2O2. The molecule has 88 valence electrons. The molecule has 2 N–H and O–H groups in total. The Morgan fingerprint density at radius 1 is 1.47 bits per heavy atom. The predicted molar refractivity (Wildman–Crippen MR) is 60.4 cm³/mol. The molecule has 0 atom stereocenters. The van der Waals surface area contributed by atoms with Crippen molar-refractivity contribution in [2.24, 2.45) is 0 Å². The lowest BCUT2D eigenvalue weighted by Crippen LogP contribution is -2.34. The minimum absolute atomic E-state index is 0.286. The molecule has 0 radical (unpaired) electrons. The fraction of sp³-hybridized carbons (Fsp3) is 0.250. The topological polar surface area (TPSA) is 56.3 Å². The summed E-state index contributed by atoms with van der Waals surface area (Å²) in [6.45, 7) is 0.855. The zero-order chi connectivity index (χ0) is 12.0. The van der Waals surface area contributed by atoms with E-state index >= 15 is 0 Å². The van der Waals surface area contributed by atoms with Crippen LogP contribution in [0, 0.1) is 5.82 Å². The lowest BCUT2D eigenvalue weighted by atomic mass is 10.1. The average Bonchev–Trinajstić information content (AvgIpc) is 2.64. The number of carboxylic acid groups (broad SMARTS) is 1. The molecule has 1 aromatic carbocycles. The van der Waals surface area contributed by atoms with Gasteiger partial charge in [-0.15, -0.1) is 0 Å². The van der Waals surface area contributed by atoms with Gasteiger partial charge in [0, 0.05) is 35.1 Å². The van der Waals surface area contributed by atoms with Crippen LogP contribution in [0.25, 0.3) is 10.9 Å².